The summed E-state index contributed by atoms with van der Waals surface area (Å²) in [6.07, 6.45) is 4.01. The Bertz CT molecular complexity index is 1160. The second-order valence-corrected chi connectivity index (χ2v) is 6.68. The number of anilines is 1. The first kappa shape index (κ1) is 18.9. The molecule has 3 aromatic heterocycles. The van der Waals surface area contributed by atoms with E-state index in [0.717, 1.165) is 17.5 Å². The van der Waals surface area contributed by atoms with Gasteiger partial charge in [-0.25, -0.2) is 14.8 Å². The van der Waals surface area contributed by atoms with E-state index in [9.17, 15) is 4.79 Å². The molecule has 3 heterocycles. The normalized spacial score (nSPS) is 11.2. The van der Waals surface area contributed by atoms with E-state index >= 15 is 0 Å². The van der Waals surface area contributed by atoms with Crippen molar-refractivity contribution in [3.8, 4) is 0 Å². The molecule has 1 aromatic carbocycles. The number of carbonyl (C=O) groups excluding carboxylic acids is 1. The molecule has 29 heavy (non-hydrogen) atoms. The zero-order chi connectivity index (χ0) is 20.2. The molecule has 0 bridgehead atoms. The lowest BCUT2D eigenvalue weighted by atomic mass is 10.2. The fraction of sp³-hybridized carbons (Fsp3) is 0.278. The van der Waals surface area contributed by atoms with Gasteiger partial charge in [0.25, 0.3) is 0 Å². The summed E-state index contributed by atoms with van der Waals surface area (Å²) in [6, 6.07) is 5.55. The summed E-state index contributed by atoms with van der Waals surface area (Å²) in [6.45, 7) is 1.29. The quantitative estimate of drug-likeness (QED) is 0.347. The maximum atomic E-state index is 11.8. The van der Waals surface area contributed by atoms with Crippen molar-refractivity contribution >= 4 is 45.8 Å². The molecule has 4 aromatic rings. The third-order valence-electron chi connectivity index (χ3n) is 4.32. The van der Waals surface area contributed by atoms with Crippen LogP contribution in [0.25, 0.3) is 22.3 Å². The Kier molecular flexibility index (Phi) is 5.43. The number of amides is 1. The Hall–Kier alpha value is -3.40. The zero-order valence-electron chi connectivity index (χ0n) is 15.3. The van der Waals surface area contributed by atoms with Crippen LogP contribution in [0, 0.1) is 0 Å². The standard InChI is InChI=1S/C18H18ClN7O3/c19-17-24-15(20)14-16(25-17)26(9-22-14)5-1-2-6-28-18(27)21-8-11-3-4-12-13(7-11)29-10-23-12/h3-4,7,9-10H,1-2,5-6,8H2,(H,21,27)(H2,20,24,25). The fourth-order valence-electron chi connectivity index (χ4n) is 2.89. The van der Waals surface area contributed by atoms with E-state index in [1.54, 1.807) is 6.33 Å². The van der Waals surface area contributed by atoms with Gasteiger partial charge in [-0.15, -0.1) is 0 Å². The van der Waals surface area contributed by atoms with Gasteiger partial charge in [0.15, 0.2) is 23.4 Å². The van der Waals surface area contributed by atoms with Gasteiger partial charge in [0.1, 0.15) is 11.0 Å². The SMILES string of the molecule is Nc1nc(Cl)nc2c1ncn2CCCCOC(=O)NCc1ccc2ncoc2c1. The van der Waals surface area contributed by atoms with E-state index in [1.807, 2.05) is 22.8 Å². The number of carbonyl (C=O) groups is 1. The first-order valence-electron chi connectivity index (χ1n) is 8.97. The van der Waals surface area contributed by atoms with E-state index in [2.05, 4.69) is 25.3 Å². The van der Waals surface area contributed by atoms with Crippen molar-refractivity contribution in [3.63, 3.8) is 0 Å². The number of nitrogen functional groups attached to an aromatic ring is 1. The lowest BCUT2D eigenvalue weighted by Crippen LogP contribution is -2.24. The van der Waals surface area contributed by atoms with Crippen molar-refractivity contribution in [2.45, 2.75) is 25.9 Å². The van der Waals surface area contributed by atoms with E-state index < -0.39 is 6.09 Å². The van der Waals surface area contributed by atoms with Crippen LogP contribution >= 0.6 is 11.6 Å². The van der Waals surface area contributed by atoms with Gasteiger partial charge >= 0.3 is 6.09 Å². The maximum absolute atomic E-state index is 11.8. The van der Waals surface area contributed by atoms with Gasteiger partial charge in [-0.3, -0.25) is 0 Å². The van der Waals surface area contributed by atoms with Gasteiger partial charge in [-0.2, -0.15) is 9.97 Å². The zero-order valence-corrected chi connectivity index (χ0v) is 16.1. The molecule has 1 amide bonds. The average molecular weight is 416 g/mol. The molecule has 10 nitrogen and oxygen atoms in total. The molecule has 150 valence electrons. The minimum absolute atomic E-state index is 0.0826. The maximum Gasteiger partial charge on any atom is 0.407 e. The van der Waals surface area contributed by atoms with E-state index in [4.69, 9.17) is 26.5 Å². The Morgan fingerprint density at radius 1 is 1.28 bits per heavy atom. The average Bonchev–Trinajstić information content (AvgIpc) is 3.32. The van der Waals surface area contributed by atoms with Crippen molar-refractivity contribution in [1.82, 2.24) is 29.8 Å². The molecule has 0 aliphatic carbocycles. The molecule has 3 N–H and O–H groups in total. The number of ether oxygens (including phenoxy) is 1. The summed E-state index contributed by atoms with van der Waals surface area (Å²) in [5.74, 6) is 0.251. The van der Waals surface area contributed by atoms with Crippen molar-refractivity contribution in [1.29, 1.82) is 0 Å². The number of nitrogens with two attached hydrogens (primary N) is 1. The molecule has 0 radical (unpaired) electrons. The number of nitrogens with one attached hydrogen (secondary N) is 1. The summed E-state index contributed by atoms with van der Waals surface area (Å²) in [7, 11) is 0. The van der Waals surface area contributed by atoms with Crippen LogP contribution in [0.15, 0.2) is 35.3 Å². The third-order valence-corrected chi connectivity index (χ3v) is 4.49. The Morgan fingerprint density at radius 2 is 2.17 bits per heavy atom. The smallest absolute Gasteiger partial charge is 0.407 e. The molecule has 0 aliphatic heterocycles. The number of unbranched alkanes of at least 4 members (excludes halogenated alkanes) is 1. The number of hydrogen-bond donors (Lipinski definition) is 2. The molecule has 0 spiro atoms. The largest absolute Gasteiger partial charge is 0.450 e. The molecule has 11 heteroatoms. The van der Waals surface area contributed by atoms with Crippen molar-refractivity contribution < 1.29 is 13.9 Å². The van der Waals surface area contributed by atoms with E-state index in [0.29, 0.717) is 42.9 Å². The molecular formula is C18H18ClN7O3. The number of imidazole rings is 1. The molecule has 4 rings (SSSR count). The highest BCUT2D eigenvalue weighted by molar-refractivity contribution is 6.28. The second-order valence-electron chi connectivity index (χ2n) is 6.34. The number of aromatic nitrogens is 5. The number of oxazole rings is 1. The third kappa shape index (κ3) is 4.37. The number of halogens is 1. The number of benzene rings is 1. The van der Waals surface area contributed by atoms with Crippen LogP contribution in [0.4, 0.5) is 10.6 Å². The van der Waals surface area contributed by atoms with Crippen LogP contribution < -0.4 is 11.1 Å². The number of nitrogens with zero attached hydrogens (tertiary/aromatic N) is 5. The Morgan fingerprint density at radius 3 is 3.07 bits per heavy atom. The monoisotopic (exact) mass is 415 g/mol. The highest BCUT2D eigenvalue weighted by Gasteiger charge is 2.10. The van der Waals surface area contributed by atoms with Crippen molar-refractivity contribution in [2.75, 3.05) is 12.3 Å². The highest BCUT2D eigenvalue weighted by Crippen LogP contribution is 2.18. The van der Waals surface area contributed by atoms with Gasteiger partial charge in [0.05, 0.1) is 12.9 Å². The molecule has 0 aliphatic rings. The van der Waals surface area contributed by atoms with Gasteiger partial charge in [-0.1, -0.05) is 6.07 Å². The summed E-state index contributed by atoms with van der Waals surface area (Å²) in [5, 5.41) is 2.80. The van der Waals surface area contributed by atoms with Crippen LogP contribution in [-0.2, 0) is 17.8 Å². The van der Waals surface area contributed by atoms with Gasteiger partial charge in [0, 0.05) is 13.1 Å². The Balaban J connectivity index is 1.19. The molecule has 0 fully saturated rings. The Labute approximate surface area is 170 Å². The van der Waals surface area contributed by atoms with E-state index in [1.165, 1.54) is 6.39 Å². The first-order valence-corrected chi connectivity index (χ1v) is 9.34. The number of rotatable bonds is 7. The topological polar surface area (TPSA) is 134 Å². The predicted molar refractivity (Wildman–Crippen MR) is 106 cm³/mol. The predicted octanol–water partition coefficient (Wildman–Crippen LogP) is 2.91. The minimum atomic E-state index is -0.469. The highest BCUT2D eigenvalue weighted by atomic mass is 35.5. The lowest BCUT2D eigenvalue weighted by Gasteiger charge is -2.08. The van der Waals surface area contributed by atoms with Gasteiger partial charge < -0.3 is 24.8 Å². The number of alkyl carbamates (subject to hydrolysis) is 1. The molecule has 0 saturated carbocycles. The summed E-state index contributed by atoms with van der Waals surface area (Å²) >= 11 is 5.85. The number of hydrogen-bond acceptors (Lipinski definition) is 8. The van der Waals surface area contributed by atoms with Crippen LogP contribution in [0.5, 0.6) is 0 Å². The van der Waals surface area contributed by atoms with Crippen molar-refractivity contribution in [2.24, 2.45) is 0 Å². The lowest BCUT2D eigenvalue weighted by molar-refractivity contribution is 0.143. The fourth-order valence-corrected chi connectivity index (χ4v) is 3.06. The van der Waals surface area contributed by atoms with Gasteiger partial charge in [0.2, 0.25) is 5.28 Å². The molecular weight excluding hydrogens is 398 g/mol. The summed E-state index contributed by atoms with van der Waals surface area (Å²) in [5.41, 5.74) is 9.25. The molecule has 0 unspecified atom stereocenters. The molecule has 0 atom stereocenters. The minimum Gasteiger partial charge on any atom is -0.450 e. The van der Waals surface area contributed by atoms with E-state index in [-0.39, 0.29) is 11.1 Å². The van der Waals surface area contributed by atoms with Gasteiger partial charge in [-0.05, 0) is 42.1 Å². The summed E-state index contributed by atoms with van der Waals surface area (Å²) in [4.78, 5) is 28.1. The van der Waals surface area contributed by atoms with Crippen LogP contribution in [0.1, 0.15) is 18.4 Å². The van der Waals surface area contributed by atoms with Crippen LogP contribution in [0.2, 0.25) is 5.28 Å². The second kappa shape index (κ2) is 8.31. The number of fused-ring (bicyclic) bond motifs is 2. The first-order chi connectivity index (χ1) is 14.1. The van der Waals surface area contributed by atoms with Crippen LogP contribution in [0.3, 0.4) is 0 Å². The van der Waals surface area contributed by atoms with Crippen molar-refractivity contribution in [3.05, 3.63) is 41.8 Å². The van der Waals surface area contributed by atoms with Crippen LogP contribution in [-0.4, -0.2) is 37.2 Å². The molecule has 0 saturated heterocycles. The number of aryl methyl sites for hydroxylation is 1. The summed E-state index contributed by atoms with van der Waals surface area (Å²) < 4.78 is 12.3.